The number of benzene rings is 2. The van der Waals surface area contributed by atoms with Crippen molar-refractivity contribution in [3.05, 3.63) is 60.7 Å². The molecule has 0 spiro atoms. The van der Waals surface area contributed by atoms with Gasteiger partial charge in [0.2, 0.25) is 0 Å². The van der Waals surface area contributed by atoms with Gasteiger partial charge in [0, 0.05) is 47.3 Å². The summed E-state index contributed by atoms with van der Waals surface area (Å²) in [5, 5.41) is 5.97. The molecule has 2 N–H and O–H groups in total. The predicted octanol–water partition coefficient (Wildman–Crippen LogP) is 3.71. The van der Waals surface area contributed by atoms with Crippen molar-refractivity contribution >= 4 is 21.8 Å². The lowest BCUT2D eigenvalue weighted by atomic mass is 10.1. The summed E-state index contributed by atoms with van der Waals surface area (Å²) < 4.78 is 7.46. The van der Waals surface area contributed by atoms with Gasteiger partial charge >= 0.3 is 0 Å². The average Bonchev–Trinajstić information content (AvgIpc) is 3.28. The lowest BCUT2D eigenvalue weighted by Gasteiger charge is -2.06. The number of fused-ring (bicyclic) bond motifs is 3. The number of aromatic amines is 1. The SMILES string of the molecule is COc1ccc2[nH]c3ccc(CNCCCn4ccnc4)cc3c2c1. The van der Waals surface area contributed by atoms with Crippen LogP contribution in [0.25, 0.3) is 21.8 Å². The van der Waals surface area contributed by atoms with E-state index in [1.165, 1.54) is 16.3 Å². The van der Waals surface area contributed by atoms with E-state index in [0.717, 1.165) is 42.8 Å². The number of nitrogens with one attached hydrogen (secondary N) is 2. The van der Waals surface area contributed by atoms with Crippen molar-refractivity contribution in [2.24, 2.45) is 0 Å². The quantitative estimate of drug-likeness (QED) is 0.507. The summed E-state index contributed by atoms with van der Waals surface area (Å²) in [6.45, 7) is 2.85. The van der Waals surface area contributed by atoms with Crippen LogP contribution in [0.2, 0.25) is 0 Å². The molecule has 0 radical (unpaired) electrons. The van der Waals surface area contributed by atoms with Gasteiger partial charge in [0.15, 0.2) is 0 Å². The minimum atomic E-state index is 0.872. The van der Waals surface area contributed by atoms with Gasteiger partial charge < -0.3 is 19.6 Å². The van der Waals surface area contributed by atoms with Crippen molar-refractivity contribution < 1.29 is 4.74 Å². The van der Waals surface area contributed by atoms with Crippen LogP contribution in [-0.2, 0) is 13.1 Å². The number of nitrogens with zero attached hydrogens (tertiary/aromatic N) is 2. The molecule has 4 aromatic rings. The third-order valence-electron chi connectivity index (χ3n) is 4.53. The van der Waals surface area contributed by atoms with Crippen LogP contribution in [0.15, 0.2) is 55.1 Å². The summed E-state index contributed by atoms with van der Waals surface area (Å²) in [6, 6.07) is 12.7. The van der Waals surface area contributed by atoms with E-state index in [1.807, 2.05) is 24.8 Å². The minimum absolute atomic E-state index is 0.872. The van der Waals surface area contributed by atoms with Crippen molar-refractivity contribution in [1.29, 1.82) is 0 Å². The molecule has 0 amide bonds. The van der Waals surface area contributed by atoms with Crippen LogP contribution >= 0.6 is 0 Å². The molecule has 2 aromatic heterocycles. The first kappa shape index (κ1) is 15.7. The maximum atomic E-state index is 5.36. The van der Waals surface area contributed by atoms with Gasteiger partial charge in [-0.05, 0) is 48.9 Å². The van der Waals surface area contributed by atoms with Crippen molar-refractivity contribution in [3.8, 4) is 5.75 Å². The fourth-order valence-electron chi connectivity index (χ4n) is 3.20. The van der Waals surface area contributed by atoms with E-state index in [1.54, 1.807) is 7.11 Å². The largest absolute Gasteiger partial charge is 0.497 e. The van der Waals surface area contributed by atoms with Crippen molar-refractivity contribution in [2.45, 2.75) is 19.5 Å². The first-order valence-corrected chi connectivity index (χ1v) is 8.58. The third-order valence-corrected chi connectivity index (χ3v) is 4.53. The molecular weight excluding hydrogens is 312 g/mol. The molecule has 0 aliphatic carbocycles. The number of hydrogen-bond donors (Lipinski definition) is 2. The third kappa shape index (κ3) is 3.37. The Hall–Kier alpha value is -2.79. The molecule has 0 aliphatic heterocycles. The Bertz CT molecular complexity index is 972. The topological polar surface area (TPSA) is 54.9 Å². The normalized spacial score (nSPS) is 11.4. The Balaban J connectivity index is 1.44. The van der Waals surface area contributed by atoms with Gasteiger partial charge in [-0.2, -0.15) is 0 Å². The molecule has 0 unspecified atom stereocenters. The van der Waals surface area contributed by atoms with Gasteiger partial charge in [0.1, 0.15) is 5.75 Å². The van der Waals surface area contributed by atoms with Crippen molar-refractivity contribution in [1.82, 2.24) is 19.9 Å². The smallest absolute Gasteiger partial charge is 0.119 e. The van der Waals surface area contributed by atoms with E-state index in [0.29, 0.717) is 0 Å². The van der Waals surface area contributed by atoms with Crippen LogP contribution in [-0.4, -0.2) is 28.2 Å². The molecule has 0 aliphatic rings. The zero-order valence-corrected chi connectivity index (χ0v) is 14.3. The molecule has 128 valence electrons. The molecule has 0 saturated carbocycles. The Labute approximate surface area is 146 Å². The first-order valence-electron chi connectivity index (χ1n) is 8.58. The van der Waals surface area contributed by atoms with Gasteiger partial charge in [-0.3, -0.25) is 0 Å². The first-order chi connectivity index (χ1) is 12.3. The lowest BCUT2D eigenvalue weighted by Crippen LogP contribution is -2.16. The van der Waals surface area contributed by atoms with Crippen molar-refractivity contribution in [2.75, 3.05) is 13.7 Å². The molecule has 5 nitrogen and oxygen atoms in total. The molecule has 0 atom stereocenters. The molecule has 0 saturated heterocycles. The summed E-state index contributed by atoms with van der Waals surface area (Å²) in [6.07, 6.45) is 6.76. The highest BCUT2D eigenvalue weighted by atomic mass is 16.5. The molecular formula is C20H22N4O. The van der Waals surface area contributed by atoms with Gasteiger partial charge in [-0.1, -0.05) is 6.07 Å². The summed E-state index contributed by atoms with van der Waals surface area (Å²) in [7, 11) is 1.70. The van der Waals surface area contributed by atoms with Crippen LogP contribution in [0.1, 0.15) is 12.0 Å². The van der Waals surface area contributed by atoms with E-state index in [-0.39, 0.29) is 0 Å². The second-order valence-electron chi connectivity index (χ2n) is 6.25. The van der Waals surface area contributed by atoms with E-state index in [9.17, 15) is 0 Å². The Morgan fingerprint density at radius 3 is 2.76 bits per heavy atom. The lowest BCUT2D eigenvalue weighted by molar-refractivity contribution is 0.415. The van der Waals surface area contributed by atoms with Crippen molar-refractivity contribution in [3.63, 3.8) is 0 Å². The Morgan fingerprint density at radius 2 is 1.96 bits per heavy atom. The summed E-state index contributed by atoms with van der Waals surface area (Å²) in [5.41, 5.74) is 3.59. The van der Waals surface area contributed by atoms with Crippen LogP contribution < -0.4 is 10.1 Å². The second-order valence-corrected chi connectivity index (χ2v) is 6.25. The van der Waals surface area contributed by atoms with Crippen LogP contribution in [0.3, 0.4) is 0 Å². The van der Waals surface area contributed by atoms with Crippen LogP contribution in [0.4, 0.5) is 0 Å². The summed E-state index contributed by atoms with van der Waals surface area (Å²) in [5.74, 6) is 0.886. The van der Waals surface area contributed by atoms with Gasteiger partial charge in [0.25, 0.3) is 0 Å². The van der Waals surface area contributed by atoms with Crippen LogP contribution in [0, 0.1) is 0 Å². The molecule has 2 heterocycles. The maximum absolute atomic E-state index is 5.36. The fourth-order valence-corrected chi connectivity index (χ4v) is 3.20. The minimum Gasteiger partial charge on any atom is -0.497 e. The molecule has 2 aromatic carbocycles. The summed E-state index contributed by atoms with van der Waals surface area (Å²) >= 11 is 0. The number of ether oxygens (including phenoxy) is 1. The maximum Gasteiger partial charge on any atom is 0.119 e. The zero-order chi connectivity index (χ0) is 17.1. The Kier molecular flexibility index (Phi) is 4.39. The number of aryl methyl sites for hydroxylation is 1. The number of rotatable bonds is 7. The number of hydrogen-bond acceptors (Lipinski definition) is 3. The van der Waals surface area contributed by atoms with Crippen LogP contribution in [0.5, 0.6) is 5.75 Å². The van der Waals surface area contributed by atoms with Gasteiger partial charge in [0.05, 0.1) is 13.4 Å². The molecule has 0 bridgehead atoms. The number of H-pyrrole nitrogens is 1. The zero-order valence-electron chi connectivity index (χ0n) is 14.3. The fraction of sp³-hybridized carbons (Fsp3) is 0.250. The van der Waals surface area contributed by atoms with Gasteiger partial charge in [-0.15, -0.1) is 0 Å². The highest BCUT2D eigenvalue weighted by Crippen LogP contribution is 2.29. The predicted molar refractivity (Wildman–Crippen MR) is 101 cm³/mol. The highest BCUT2D eigenvalue weighted by Gasteiger charge is 2.06. The average molecular weight is 334 g/mol. The van der Waals surface area contributed by atoms with E-state index >= 15 is 0 Å². The highest BCUT2D eigenvalue weighted by molar-refractivity contribution is 6.07. The standard InChI is InChI=1S/C20H22N4O/c1-25-16-4-6-20-18(12-16)17-11-15(3-5-19(17)23-20)13-21-7-2-9-24-10-8-22-14-24/h3-6,8,10-12,14,21,23H,2,7,9,13H2,1H3. The van der Waals surface area contributed by atoms with Gasteiger partial charge in [-0.25, -0.2) is 4.98 Å². The van der Waals surface area contributed by atoms with E-state index in [4.69, 9.17) is 4.74 Å². The second kappa shape index (κ2) is 6.99. The monoisotopic (exact) mass is 334 g/mol. The molecule has 25 heavy (non-hydrogen) atoms. The molecule has 5 heteroatoms. The number of imidazole rings is 1. The number of aromatic nitrogens is 3. The molecule has 4 rings (SSSR count). The summed E-state index contributed by atoms with van der Waals surface area (Å²) in [4.78, 5) is 7.52. The number of methoxy groups -OCH3 is 1. The van der Waals surface area contributed by atoms with E-state index < -0.39 is 0 Å². The Morgan fingerprint density at radius 1 is 1.12 bits per heavy atom. The van der Waals surface area contributed by atoms with E-state index in [2.05, 4.69) is 50.2 Å². The molecule has 0 fully saturated rings.